The molecule has 4 rings (SSSR count). The smallest absolute Gasteiger partial charge is 0.203 e. The van der Waals surface area contributed by atoms with E-state index in [9.17, 15) is 0 Å². The molecule has 4 aromatic rings. The number of thiazole rings is 1. The molecule has 0 fully saturated rings. The van der Waals surface area contributed by atoms with Crippen LogP contribution in [0.2, 0.25) is 0 Å². The average molecular weight is 355 g/mol. The van der Waals surface area contributed by atoms with Crippen LogP contribution in [0.4, 0.5) is 5.13 Å². The molecule has 0 atom stereocenters. The molecule has 3 aromatic carbocycles. The molecule has 0 spiro atoms. The van der Waals surface area contributed by atoms with Crippen LogP contribution in [0.3, 0.4) is 0 Å². The van der Waals surface area contributed by atoms with Gasteiger partial charge in [0.15, 0.2) is 0 Å². The Morgan fingerprint density at radius 1 is 0.731 bits per heavy atom. The third kappa shape index (κ3) is 3.87. The van der Waals surface area contributed by atoms with Crippen molar-refractivity contribution in [2.45, 2.75) is 0 Å². The van der Waals surface area contributed by atoms with Gasteiger partial charge in [-0.15, -0.1) is 11.3 Å². The van der Waals surface area contributed by atoms with Crippen LogP contribution < -0.4 is 5.43 Å². The number of rotatable bonds is 5. The lowest BCUT2D eigenvalue weighted by molar-refractivity contribution is 1.29. The topological polar surface area (TPSA) is 37.3 Å². The summed E-state index contributed by atoms with van der Waals surface area (Å²) in [4.78, 5) is 4.56. The summed E-state index contributed by atoms with van der Waals surface area (Å²) in [6, 6.07) is 28.8. The zero-order chi connectivity index (χ0) is 17.6. The highest BCUT2D eigenvalue weighted by atomic mass is 32.1. The van der Waals surface area contributed by atoms with Crippen LogP contribution in [0.25, 0.3) is 22.4 Å². The summed E-state index contributed by atoms with van der Waals surface area (Å²) in [5.74, 6) is 0. The zero-order valence-corrected chi connectivity index (χ0v) is 14.9. The van der Waals surface area contributed by atoms with E-state index in [-0.39, 0.29) is 0 Å². The third-order valence-corrected chi connectivity index (χ3v) is 4.71. The van der Waals surface area contributed by atoms with Crippen LogP contribution in [-0.4, -0.2) is 11.2 Å². The standard InChI is InChI=1S/C22H17N3S/c1-3-7-18(8-4-1)19-13-11-17(12-14-19)15-23-25-22-24-21(16-26-22)20-9-5-2-6-10-20/h1-16H,(H,24,25). The Morgan fingerprint density at radius 3 is 2.04 bits per heavy atom. The monoisotopic (exact) mass is 355 g/mol. The molecular formula is C22H17N3S. The molecule has 26 heavy (non-hydrogen) atoms. The highest BCUT2D eigenvalue weighted by molar-refractivity contribution is 7.14. The molecule has 126 valence electrons. The second kappa shape index (κ2) is 7.76. The Bertz CT molecular complexity index is 991. The van der Waals surface area contributed by atoms with E-state index in [0.717, 1.165) is 22.0 Å². The average Bonchev–Trinajstić information content (AvgIpc) is 3.19. The number of hydrogen-bond acceptors (Lipinski definition) is 4. The van der Waals surface area contributed by atoms with Gasteiger partial charge in [0.2, 0.25) is 5.13 Å². The zero-order valence-electron chi connectivity index (χ0n) is 14.0. The lowest BCUT2D eigenvalue weighted by Gasteiger charge is -2.01. The number of benzene rings is 3. The fourth-order valence-corrected chi connectivity index (χ4v) is 3.29. The van der Waals surface area contributed by atoms with E-state index in [1.165, 1.54) is 11.1 Å². The molecule has 1 N–H and O–H groups in total. The molecule has 0 saturated carbocycles. The maximum Gasteiger partial charge on any atom is 0.203 e. The summed E-state index contributed by atoms with van der Waals surface area (Å²) in [7, 11) is 0. The SMILES string of the molecule is C(=NNc1nc(-c2ccccc2)cs1)c1ccc(-c2ccccc2)cc1. The molecule has 1 aromatic heterocycles. The van der Waals surface area contributed by atoms with Crippen molar-refractivity contribution in [1.82, 2.24) is 4.98 Å². The fraction of sp³-hybridized carbons (Fsp3) is 0. The first-order chi connectivity index (χ1) is 12.9. The maximum atomic E-state index is 4.56. The molecular weight excluding hydrogens is 338 g/mol. The van der Waals surface area contributed by atoms with Crippen molar-refractivity contribution in [2.24, 2.45) is 5.10 Å². The Hall–Kier alpha value is -3.24. The highest BCUT2D eigenvalue weighted by Crippen LogP contribution is 2.24. The van der Waals surface area contributed by atoms with Gasteiger partial charge in [0.25, 0.3) is 0 Å². The van der Waals surface area contributed by atoms with Gasteiger partial charge in [0.05, 0.1) is 11.9 Å². The molecule has 0 amide bonds. The molecule has 0 aliphatic heterocycles. The fourth-order valence-electron chi connectivity index (χ4n) is 2.62. The lowest BCUT2D eigenvalue weighted by atomic mass is 10.0. The van der Waals surface area contributed by atoms with Crippen molar-refractivity contribution in [3.8, 4) is 22.4 Å². The predicted octanol–water partition coefficient (Wildman–Crippen LogP) is 5.92. The van der Waals surface area contributed by atoms with Gasteiger partial charge in [0.1, 0.15) is 0 Å². The largest absolute Gasteiger partial charge is 0.253 e. The summed E-state index contributed by atoms with van der Waals surface area (Å²) in [5, 5.41) is 7.10. The van der Waals surface area contributed by atoms with Crippen LogP contribution in [-0.2, 0) is 0 Å². The Labute approximate surface area is 156 Å². The van der Waals surface area contributed by atoms with Crippen LogP contribution in [0, 0.1) is 0 Å². The molecule has 0 saturated heterocycles. The summed E-state index contributed by atoms with van der Waals surface area (Å²) >= 11 is 1.54. The molecule has 0 aliphatic carbocycles. The first-order valence-electron chi connectivity index (χ1n) is 8.34. The lowest BCUT2D eigenvalue weighted by Crippen LogP contribution is -1.90. The van der Waals surface area contributed by atoms with Gasteiger partial charge in [0, 0.05) is 10.9 Å². The van der Waals surface area contributed by atoms with Gasteiger partial charge in [-0.1, -0.05) is 84.9 Å². The van der Waals surface area contributed by atoms with Crippen LogP contribution in [0.1, 0.15) is 5.56 Å². The Morgan fingerprint density at radius 2 is 1.35 bits per heavy atom. The van der Waals surface area contributed by atoms with Crippen LogP contribution >= 0.6 is 11.3 Å². The van der Waals surface area contributed by atoms with Gasteiger partial charge in [-0.05, 0) is 16.7 Å². The van der Waals surface area contributed by atoms with Gasteiger partial charge >= 0.3 is 0 Å². The van der Waals surface area contributed by atoms with Crippen molar-refractivity contribution < 1.29 is 0 Å². The minimum atomic E-state index is 0.779. The minimum absolute atomic E-state index is 0.779. The van der Waals surface area contributed by atoms with E-state index in [0.29, 0.717) is 0 Å². The van der Waals surface area contributed by atoms with E-state index < -0.39 is 0 Å². The van der Waals surface area contributed by atoms with E-state index in [2.05, 4.69) is 64.0 Å². The molecule has 0 radical (unpaired) electrons. The second-order valence-electron chi connectivity index (χ2n) is 5.76. The van der Waals surface area contributed by atoms with Crippen molar-refractivity contribution in [3.63, 3.8) is 0 Å². The number of hydrogen-bond donors (Lipinski definition) is 1. The summed E-state index contributed by atoms with van der Waals surface area (Å²) in [6.07, 6.45) is 1.80. The van der Waals surface area contributed by atoms with Crippen LogP contribution in [0.15, 0.2) is 95.4 Å². The maximum absolute atomic E-state index is 4.56. The molecule has 0 unspecified atom stereocenters. The van der Waals surface area contributed by atoms with Gasteiger partial charge in [-0.2, -0.15) is 5.10 Å². The number of nitrogens with zero attached hydrogens (tertiary/aromatic N) is 2. The minimum Gasteiger partial charge on any atom is -0.253 e. The van der Waals surface area contributed by atoms with E-state index >= 15 is 0 Å². The Balaban J connectivity index is 1.40. The Kier molecular flexibility index (Phi) is 4.85. The predicted molar refractivity (Wildman–Crippen MR) is 111 cm³/mol. The summed E-state index contributed by atoms with van der Waals surface area (Å²) in [6.45, 7) is 0. The van der Waals surface area contributed by atoms with Gasteiger partial charge in [-0.25, -0.2) is 4.98 Å². The van der Waals surface area contributed by atoms with E-state index in [1.54, 1.807) is 17.6 Å². The number of anilines is 1. The molecule has 4 heteroatoms. The van der Waals surface area contributed by atoms with Gasteiger partial charge in [-0.3, -0.25) is 5.43 Å². The molecule has 1 heterocycles. The van der Waals surface area contributed by atoms with Crippen LogP contribution in [0.5, 0.6) is 0 Å². The van der Waals surface area contributed by atoms with Crippen molar-refractivity contribution in [2.75, 3.05) is 5.43 Å². The first kappa shape index (κ1) is 16.2. The summed E-state index contributed by atoms with van der Waals surface area (Å²) < 4.78 is 0. The first-order valence-corrected chi connectivity index (χ1v) is 9.22. The van der Waals surface area contributed by atoms with Crippen molar-refractivity contribution in [3.05, 3.63) is 95.9 Å². The third-order valence-electron chi connectivity index (χ3n) is 3.97. The number of aromatic nitrogens is 1. The van der Waals surface area contributed by atoms with E-state index in [1.807, 2.05) is 41.8 Å². The van der Waals surface area contributed by atoms with Crippen molar-refractivity contribution in [1.29, 1.82) is 0 Å². The quantitative estimate of drug-likeness (QED) is 0.356. The second-order valence-corrected chi connectivity index (χ2v) is 6.62. The highest BCUT2D eigenvalue weighted by Gasteiger charge is 2.02. The molecule has 0 aliphatic rings. The molecule has 0 bridgehead atoms. The van der Waals surface area contributed by atoms with E-state index in [4.69, 9.17) is 0 Å². The summed E-state index contributed by atoms with van der Waals surface area (Å²) in [5.41, 5.74) is 8.52. The van der Waals surface area contributed by atoms with Gasteiger partial charge < -0.3 is 0 Å². The number of hydrazone groups is 1. The number of nitrogens with one attached hydrogen (secondary N) is 1. The molecule has 3 nitrogen and oxygen atoms in total. The normalized spacial score (nSPS) is 10.9. The van der Waals surface area contributed by atoms with Crippen molar-refractivity contribution >= 4 is 22.7 Å².